The van der Waals surface area contributed by atoms with E-state index in [1.165, 1.54) is 0 Å². The number of nitrogens with one attached hydrogen (secondary N) is 1. The fraction of sp³-hybridized carbons (Fsp3) is 0.333. The van der Waals surface area contributed by atoms with Crippen LogP contribution in [0.5, 0.6) is 0 Å². The van der Waals surface area contributed by atoms with Crippen molar-refractivity contribution in [3.63, 3.8) is 0 Å². The minimum Gasteiger partial charge on any atom is -0.399 e. The zero-order valence-electron chi connectivity index (χ0n) is 9.97. The molecule has 0 bridgehead atoms. The number of benzene rings is 1. The monoisotopic (exact) mass is 232 g/mol. The van der Waals surface area contributed by atoms with Gasteiger partial charge in [-0.2, -0.15) is 5.10 Å². The summed E-state index contributed by atoms with van der Waals surface area (Å²) in [5.74, 6) is -0.0417. The molecule has 90 valence electrons. The van der Waals surface area contributed by atoms with Crippen molar-refractivity contribution >= 4 is 22.5 Å². The highest BCUT2D eigenvalue weighted by atomic mass is 16.2. The van der Waals surface area contributed by atoms with Crippen LogP contribution in [0.2, 0.25) is 0 Å². The summed E-state index contributed by atoms with van der Waals surface area (Å²) in [6.45, 7) is 4.33. The predicted octanol–water partition coefficient (Wildman–Crippen LogP) is 1.32. The largest absolute Gasteiger partial charge is 0.399 e. The lowest BCUT2D eigenvalue weighted by Gasteiger charge is -2.13. The van der Waals surface area contributed by atoms with E-state index in [9.17, 15) is 4.79 Å². The molecule has 1 amide bonds. The first kappa shape index (κ1) is 11.4. The number of nitrogens with zero attached hydrogens (tertiary/aromatic N) is 2. The number of nitrogen functional groups attached to an aromatic ring is 1. The van der Waals surface area contributed by atoms with Crippen molar-refractivity contribution in [2.45, 2.75) is 19.9 Å². The van der Waals surface area contributed by atoms with Crippen molar-refractivity contribution in [2.24, 2.45) is 0 Å². The number of amides is 1. The number of carbonyl (C=O) groups is 1. The van der Waals surface area contributed by atoms with Gasteiger partial charge in [0.05, 0.1) is 11.7 Å². The average Bonchev–Trinajstić information content (AvgIpc) is 2.71. The van der Waals surface area contributed by atoms with Crippen LogP contribution < -0.4 is 11.1 Å². The number of aromatic nitrogens is 2. The van der Waals surface area contributed by atoms with Gasteiger partial charge in [0.1, 0.15) is 6.04 Å². The summed E-state index contributed by atoms with van der Waals surface area (Å²) in [4.78, 5) is 11.8. The van der Waals surface area contributed by atoms with Gasteiger partial charge in [0, 0.05) is 17.6 Å². The van der Waals surface area contributed by atoms with E-state index in [1.54, 1.807) is 10.9 Å². The van der Waals surface area contributed by atoms with Crippen molar-refractivity contribution in [1.29, 1.82) is 0 Å². The molecule has 0 saturated heterocycles. The Morgan fingerprint density at radius 1 is 1.59 bits per heavy atom. The van der Waals surface area contributed by atoms with Crippen LogP contribution in [0, 0.1) is 0 Å². The lowest BCUT2D eigenvalue weighted by atomic mass is 10.2. The molecule has 2 rings (SSSR count). The van der Waals surface area contributed by atoms with Crippen LogP contribution in [0.4, 0.5) is 5.69 Å². The standard InChI is InChI=1S/C12H16N4O/c1-3-14-12(17)8(2)16-11-6-10(13)5-4-9(11)7-15-16/h4-8H,3,13H2,1-2H3,(H,14,17). The minimum atomic E-state index is -0.339. The van der Waals surface area contributed by atoms with Gasteiger partial charge < -0.3 is 11.1 Å². The van der Waals surface area contributed by atoms with Crippen molar-refractivity contribution in [1.82, 2.24) is 15.1 Å². The van der Waals surface area contributed by atoms with Crippen molar-refractivity contribution in [3.05, 3.63) is 24.4 Å². The smallest absolute Gasteiger partial charge is 0.244 e. The minimum absolute atomic E-state index is 0.0417. The SMILES string of the molecule is CCNC(=O)C(C)n1ncc2ccc(N)cc21. The highest BCUT2D eigenvalue weighted by Crippen LogP contribution is 2.20. The molecule has 0 radical (unpaired) electrons. The molecule has 0 aliphatic heterocycles. The van der Waals surface area contributed by atoms with Gasteiger partial charge in [-0.15, -0.1) is 0 Å². The molecule has 1 atom stereocenters. The number of carbonyl (C=O) groups excluding carboxylic acids is 1. The Kier molecular flexibility index (Phi) is 2.99. The summed E-state index contributed by atoms with van der Waals surface area (Å²) in [6.07, 6.45) is 1.74. The quantitative estimate of drug-likeness (QED) is 0.784. The first-order chi connectivity index (χ1) is 8.13. The Morgan fingerprint density at radius 2 is 2.35 bits per heavy atom. The number of nitrogens with two attached hydrogens (primary N) is 1. The molecule has 0 aliphatic rings. The van der Waals surface area contributed by atoms with Gasteiger partial charge in [0.2, 0.25) is 5.91 Å². The van der Waals surface area contributed by atoms with Gasteiger partial charge in [-0.05, 0) is 32.0 Å². The molecule has 2 aromatic rings. The Balaban J connectivity index is 2.41. The van der Waals surface area contributed by atoms with Gasteiger partial charge in [-0.1, -0.05) is 0 Å². The first-order valence-electron chi connectivity index (χ1n) is 5.64. The molecule has 17 heavy (non-hydrogen) atoms. The van der Waals surface area contributed by atoms with Gasteiger partial charge in [-0.25, -0.2) is 0 Å². The Bertz CT molecular complexity index is 546. The third-order valence-corrected chi connectivity index (χ3v) is 2.72. The normalized spacial score (nSPS) is 12.6. The number of hydrogen-bond donors (Lipinski definition) is 2. The fourth-order valence-electron chi connectivity index (χ4n) is 1.80. The summed E-state index contributed by atoms with van der Waals surface area (Å²) < 4.78 is 1.69. The van der Waals surface area contributed by atoms with E-state index in [-0.39, 0.29) is 11.9 Å². The van der Waals surface area contributed by atoms with Gasteiger partial charge >= 0.3 is 0 Å². The van der Waals surface area contributed by atoms with E-state index in [4.69, 9.17) is 5.73 Å². The number of fused-ring (bicyclic) bond motifs is 1. The van der Waals surface area contributed by atoms with Crippen LogP contribution in [0.1, 0.15) is 19.9 Å². The third kappa shape index (κ3) is 2.08. The van der Waals surface area contributed by atoms with E-state index >= 15 is 0 Å². The van der Waals surface area contributed by atoms with Crippen LogP contribution in [0.15, 0.2) is 24.4 Å². The third-order valence-electron chi connectivity index (χ3n) is 2.72. The maximum absolute atomic E-state index is 11.8. The van der Waals surface area contributed by atoms with E-state index < -0.39 is 0 Å². The average molecular weight is 232 g/mol. The Hall–Kier alpha value is -2.04. The Labute approximate surface area is 99.6 Å². The first-order valence-corrected chi connectivity index (χ1v) is 5.64. The summed E-state index contributed by atoms with van der Waals surface area (Å²) in [7, 11) is 0. The van der Waals surface area contributed by atoms with Crippen molar-refractivity contribution < 1.29 is 4.79 Å². The molecule has 0 spiro atoms. The molecule has 0 aliphatic carbocycles. The molecule has 3 N–H and O–H groups in total. The molecule has 1 heterocycles. The molecule has 0 fully saturated rings. The second-order valence-electron chi connectivity index (χ2n) is 3.98. The van der Waals surface area contributed by atoms with Crippen LogP contribution in [0.3, 0.4) is 0 Å². The summed E-state index contributed by atoms with van der Waals surface area (Å²) in [5.41, 5.74) is 7.29. The highest BCUT2D eigenvalue weighted by Gasteiger charge is 2.16. The van der Waals surface area contributed by atoms with Gasteiger partial charge in [0.25, 0.3) is 0 Å². The number of anilines is 1. The number of rotatable bonds is 3. The molecule has 5 nitrogen and oxygen atoms in total. The zero-order valence-corrected chi connectivity index (χ0v) is 9.97. The summed E-state index contributed by atoms with van der Waals surface area (Å²) in [5, 5.41) is 8.00. The second kappa shape index (κ2) is 4.45. The summed E-state index contributed by atoms with van der Waals surface area (Å²) >= 11 is 0. The van der Waals surface area contributed by atoms with E-state index in [1.807, 2.05) is 32.0 Å². The van der Waals surface area contributed by atoms with Gasteiger partial charge in [0.15, 0.2) is 0 Å². The maximum Gasteiger partial charge on any atom is 0.244 e. The molecule has 5 heteroatoms. The number of hydrogen-bond acceptors (Lipinski definition) is 3. The second-order valence-corrected chi connectivity index (χ2v) is 3.98. The topological polar surface area (TPSA) is 72.9 Å². The van der Waals surface area contributed by atoms with Crippen LogP contribution in [-0.2, 0) is 4.79 Å². The molecular weight excluding hydrogens is 216 g/mol. The summed E-state index contributed by atoms with van der Waals surface area (Å²) in [6, 6.07) is 5.22. The predicted molar refractivity (Wildman–Crippen MR) is 67.5 cm³/mol. The van der Waals surface area contributed by atoms with Crippen molar-refractivity contribution in [3.8, 4) is 0 Å². The highest BCUT2D eigenvalue weighted by molar-refractivity contribution is 5.85. The zero-order chi connectivity index (χ0) is 12.4. The maximum atomic E-state index is 11.8. The fourth-order valence-corrected chi connectivity index (χ4v) is 1.80. The number of likely N-dealkylation sites (N-methyl/N-ethyl adjacent to an activating group) is 1. The van der Waals surface area contributed by atoms with Crippen LogP contribution in [0.25, 0.3) is 10.9 Å². The lowest BCUT2D eigenvalue weighted by Crippen LogP contribution is -2.31. The van der Waals surface area contributed by atoms with E-state index in [0.717, 1.165) is 10.9 Å². The molecule has 1 aromatic carbocycles. The van der Waals surface area contributed by atoms with E-state index in [0.29, 0.717) is 12.2 Å². The lowest BCUT2D eigenvalue weighted by molar-refractivity contribution is -0.123. The van der Waals surface area contributed by atoms with E-state index in [2.05, 4.69) is 10.4 Å². The van der Waals surface area contributed by atoms with Crippen LogP contribution in [-0.4, -0.2) is 22.2 Å². The van der Waals surface area contributed by atoms with Crippen LogP contribution >= 0.6 is 0 Å². The van der Waals surface area contributed by atoms with Gasteiger partial charge in [-0.3, -0.25) is 9.48 Å². The van der Waals surface area contributed by atoms with Crippen molar-refractivity contribution in [2.75, 3.05) is 12.3 Å². The molecule has 1 unspecified atom stereocenters. The molecule has 0 saturated carbocycles. The molecule has 1 aromatic heterocycles. The Morgan fingerprint density at radius 3 is 3.06 bits per heavy atom. The molecular formula is C12H16N4O.